The molecule has 7 nitrogen and oxygen atoms in total. The highest BCUT2D eigenvalue weighted by atomic mass is 35.5. The lowest BCUT2D eigenvalue weighted by Crippen LogP contribution is -2.45. The average Bonchev–Trinajstić information content (AvgIpc) is 3.19. The quantitative estimate of drug-likeness (QED) is 0.420. The number of nitrogens with zero attached hydrogens (tertiary/aromatic N) is 3. The summed E-state index contributed by atoms with van der Waals surface area (Å²) in [4.78, 5) is 10.6. The summed E-state index contributed by atoms with van der Waals surface area (Å²) in [6.45, 7) is 2.95. The lowest BCUT2D eigenvalue weighted by Gasteiger charge is -2.22. The van der Waals surface area contributed by atoms with Gasteiger partial charge in [0, 0.05) is 37.4 Å². The molecule has 2 N–H and O–H groups in total. The minimum absolute atomic E-state index is 0.286. The fraction of sp³-hybridized carbons (Fsp3) is 0.400. The third kappa shape index (κ3) is 5.42. The lowest BCUT2D eigenvalue weighted by atomic mass is 10.2. The van der Waals surface area contributed by atoms with Gasteiger partial charge in [-0.25, -0.2) is 0 Å². The van der Waals surface area contributed by atoms with Crippen molar-refractivity contribution in [1.29, 1.82) is 0 Å². The summed E-state index contributed by atoms with van der Waals surface area (Å²) in [5.74, 6) is 2.36. The summed E-state index contributed by atoms with van der Waals surface area (Å²) < 4.78 is 11.1. The summed E-state index contributed by atoms with van der Waals surface area (Å²) in [5.41, 5.74) is 1.02. The number of halogens is 1. The van der Waals surface area contributed by atoms with Crippen LogP contribution in [0.25, 0.3) is 0 Å². The number of hydrogen-bond acceptors (Lipinski definition) is 5. The van der Waals surface area contributed by atoms with Crippen molar-refractivity contribution in [2.24, 2.45) is 4.99 Å². The molecule has 1 saturated heterocycles. The van der Waals surface area contributed by atoms with Crippen LogP contribution >= 0.6 is 11.6 Å². The first-order valence-electron chi connectivity index (χ1n) is 9.28. The van der Waals surface area contributed by atoms with Crippen LogP contribution in [0.2, 0.25) is 5.02 Å². The number of benzene rings is 1. The van der Waals surface area contributed by atoms with E-state index in [1.54, 1.807) is 26.6 Å². The van der Waals surface area contributed by atoms with Gasteiger partial charge >= 0.3 is 0 Å². The van der Waals surface area contributed by atoms with Crippen LogP contribution in [0.5, 0.6) is 11.5 Å². The molecule has 0 saturated carbocycles. The Morgan fingerprint density at radius 3 is 3.04 bits per heavy atom. The van der Waals surface area contributed by atoms with Crippen molar-refractivity contribution in [2.75, 3.05) is 45.3 Å². The van der Waals surface area contributed by atoms with Crippen LogP contribution in [0.3, 0.4) is 0 Å². The summed E-state index contributed by atoms with van der Waals surface area (Å²) in [7, 11) is 3.45. The van der Waals surface area contributed by atoms with Crippen molar-refractivity contribution in [1.82, 2.24) is 15.6 Å². The Morgan fingerprint density at radius 2 is 2.29 bits per heavy atom. The zero-order valence-electron chi connectivity index (χ0n) is 16.2. The third-order valence-corrected chi connectivity index (χ3v) is 4.77. The van der Waals surface area contributed by atoms with Crippen molar-refractivity contribution in [2.45, 2.75) is 12.5 Å². The molecule has 8 heteroatoms. The van der Waals surface area contributed by atoms with Crippen LogP contribution in [0.4, 0.5) is 5.69 Å². The maximum Gasteiger partial charge on any atom is 0.191 e. The number of hydrogen-bond donors (Lipinski definition) is 2. The summed E-state index contributed by atoms with van der Waals surface area (Å²) >= 11 is 6.17. The van der Waals surface area contributed by atoms with E-state index in [0.29, 0.717) is 18.2 Å². The Balaban J connectivity index is 1.46. The lowest BCUT2D eigenvalue weighted by molar-refractivity contribution is 0.320. The molecule has 0 bridgehead atoms. The summed E-state index contributed by atoms with van der Waals surface area (Å²) in [6.07, 6.45) is 4.42. The highest BCUT2D eigenvalue weighted by Gasteiger charge is 2.25. The van der Waals surface area contributed by atoms with Gasteiger partial charge in [-0.2, -0.15) is 0 Å². The van der Waals surface area contributed by atoms with E-state index < -0.39 is 0 Å². The molecule has 1 aromatic heterocycles. The molecule has 2 aromatic rings. The molecule has 28 heavy (non-hydrogen) atoms. The van der Waals surface area contributed by atoms with Gasteiger partial charge in [-0.1, -0.05) is 11.6 Å². The third-order valence-electron chi connectivity index (χ3n) is 4.53. The smallest absolute Gasteiger partial charge is 0.191 e. The second kappa shape index (κ2) is 10.0. The Bertz CT molecular complexity index is 787. The van der Waals surface area contributed by atoms with Crippen molar-refractivity contribution in [3.05, 3.63) is 47.7 Å². The number of ether oxygens (including phenoxy) is 2. The molecule has 150 valence electrons. The standard InChI is InChI=1S/C20H26ClN5O2/c1-22-20(24-9-11-28-17-4-3-8-23-13-17)25-16-7-10-26(14-16)18-12-15(21)5-6-19(18)27-2/h3-6,8,12-13,16H,7,9-11,14H2,1-2H3,(H2,22,24,25). The molecule has 0 amide bonds. The van der Waals surface area contributed by atoms with Crippen molar-refractivity contribution < 1.29 is 9.47 Å². The highest BCUT2D eigenvalue weighted by molar-refractivity contribution is 6.30. The van der Waals surface area contributed by atoms with Gasteiger partial charge in [0.25, 0.3) is 0 Å². The molecule has 0 aliphatic carbocycles. The van der Waals surface area contributed by atoms with Gasteiger partial charge in [0.05, 0.1) is 25.5 Å². The molecule has 1 unspecified atom stereocenters. The van der Waals surface area contributed by atoms with Gasteiger partial charge in [0.1, 0.15) is 18.1 Å². The van der Waals surface area contributed by atoms with E-state index in [2.05, 4.69) is 25.5 Å². The van der Waals surface area contributed by atoms with E-state index in [4.69, 9.17) is 21.1 Å². The second-order valence-corrected chi connectivity index (χ2v) is 6.86. The van der Waals surface area contributed by atoms with Gasteiger partial charge in [-0.3, -0.25) is 9.98 Å². The predicted molar refractivity (Wildman–Crippen MR) is 113 cm³/mol. The van der Waals surface area contributed by atoms with E-state index in [0.717, 1.165) is 42.7 Å². The fourth-order valence-corrected chi connectivity index (χ4v) is 3.33. The molecule has 3 rings (SSSR count). The van der Waals surface area contributed by atoms with Crippen LogP contribution in [-0.2, 0) is 0 Å². The van der Waals surface area contributed by atoms with E-state index >= 15 is 0 Å². The zero-order chi connectivity index (χ0) is 19.8. The summed E-state index contributed by atoms with van der Waals surface area (Å²) in [6, 6.07) is 9.72. The summed E-state index contributed by atoms with van der Waals surface area (Å²) in [5, 5.41) is 7.46. The number of rotatable bonds is 7. The van der Waals surface area contributed by atoms with E-state index in [9.17, 15) is 0 Å². The average molecular weight is 404 g/mol. The topological polar surface area (TPSA) is 71.0 Å². The van der Waals surface area contributed by atoms with Gasteiger partial charge in [0.2, 0.25) is 0 Å². The van der Waals surface area contributed by atoms with Gasteiger partial charge in [0.15, 0.2) is 5.96 Å². The normalized spacial score (nSPS) is 16.8. The number of aliphatic imine (C=N–C) groups is 1. The van der Waals surface area contributed by atoms with Crippen LogP contribution in [0.15, 0.2) is 47.7 Å². The minimum atomic E-state index is 0.286. The van der Waals surface area contributed by atoms with E-state index in [1.165, 1.54) is 0 Å². The van der Waals surface area contributed by atoms with E-state index in [1.807, 2.05) is 30.3 Å². The van der Waals surface area contributed by atoms with E-state index in [-0.39, 0.29) is 6.04 Å². The molecular formula is C20H26ClN5O2. The number of anilines is 1. The van der Waals surface area contributed by atoms with Crippen molar-refractivity contribution in [3.63, 3.8) is 0 Å². The predicted octanol–water partition coefficient (Wildman–Crippen LogP) is 2.57. The number of pyridine rings is 1. The molecular weight excluding hydrogens is 378 g/mol. The maximum absolute atomic E-state index is 6.17. The monoisotopic (exact) mass is 403 g/mol. The Morgan fingerprint density at radius 1 is 1.39 bits per heavy atom. The Labute approximate surface area is 170 Å². The van der Waals surface area contributed by atoms with Gasteiger partial charge < -0.3 is 25.0 Å². The molecule has 1 aromatic carbocycles. The molecule has 1 atom stereocenters. The molecule has 1 fully saturated rings. The number of methoxy groups -OCH3 is 1. The van der Waals surface area contributed by atoms with Crippen LogP contribution in [-0.4, -0.2) is 57.4 Å². The fourth-order valence-electron chi connectivity index (χ4n) is 3.17. The molecule has 1 aliphatic heterocycles. The largest absolute Gasteiger partial charge is 0.495 e. The van der Waals surface area contributed by atoms with Gasteiger partial charge in [-0.15, -0.1) is 0 Å². The highest BCUT2D eigenvalue weighted by Crippen LogP contribution is 2.33. The first-order chi connectivity index (χ1) is 13.7. The zero-order valence-corrected chi connectivity index (χ0v) is 16.9. The molecule has 2 heterocycles. The van der Waals surface area contributed by atoms with Crippen molar-refractivity contribution in [3.8, 4) is 11.5 Å². The van der Waals surface area contributed by atoms with Gasteiger partial charge in [-0.05, 0) is 36.8 Å². The minimum Gasteiger partial charge on any atom is -0.495 e. The number of aromatic nitrogens is 1. The van der Waals surface area contributed by atoms with Crippen molar-refractivity contribution >= 4 is 23.2 Å². The molecule has 0 spiro atoms. The molecule has 0 radical (unpaired) electrons. The first-order valence-corrected chi connectivity index (χ1v) is 9.66. The first kappa shape index (κ1) is 20.1. The molecule has 1 aliphatic rings. The maximum atomic E-state index is 6.17. The van der Waals surface area contributed by atoms with Crippen LogP contribution in [0.1, 0.15) is 6.42 Å². The Hall–Kier alpha value is -2.67. The second-order valence-electron chi connectivity index (χ2n) is 6.43. The SMILES string of the molecule is CN=C(NCCOc1cccnc1)NC1CCN(c2cc(Cl)ccc2OC)C1. The van der Waals surface area contributed by atoms with Crippen LogP contribution < -0.4 is 25.0 Å². The number of nitrogens with one attached hydrogen (secondary N) is 2. The Kier molecular flexibility index (Phi) is 7.19. The number of guanidine groups is 1. The van der Waals surface area contributed by atoms with Crippen LogP contribution in [0, 0.1) is 0 Å².